The van der Waals surface area contributed by atoms with Crippen LogP contribution in [-0.2, 0) is 9.59 Å². The van der Waals surface area contributed by atoms with Gasteiger partial charge in [0.05, 0.1) is 4.91 Å². The molecule has 6 nitrogen and oxygen atoms in total. The first-order chi connectivity index (χ1) is 16.5. The van der Waals surface area contributed by atoms with E-state index in [1.807, 2.05) is 31.2 Å². The first kappa shape index (κ1) is 25.0. The third kappa shape index (κ3) is 5.01. The van der Waals surface area contributed by atoms with Crippen LogP contribution in [0.25, 0.3) is 6.08 Å². The molecule has 2 aromatic rings. The molecule has 0 radical (unpaired) electrons. The van der Waals surface area contributed by atoms with Crippen molar-refractivity contribution in [3.05, 3.63) is 64.1 Å². The van der Waals surface area contributed by atoms with Gasteiger partial charge in [-0.05, 0) is 99.7 Å². The zero-order chi connectivity index (χ0) is 25.5. The predicted molar refractivity (Wildman–Crippen MR) is 144 cm³/mol. The predicted octanol–water partition coefficient (Wildman–Crippen LogP) is 6.17. The summed E-state index contributed by atoms with van der Waals surface area (Å²) in [5.41, 5.74) is 5.00. The maximum absolute atomic E-state index is 13.0. The highest BCUT2D eigenvalue weighted by molar-refractivity contribution is 8.18. The van der Waals surface area contributed by atoms with E-state index < -0.39 is 17.1 Å². The van der Waals surface area contributed by atoms with Gasteiger partial charge < -0.3 is 10.2 Å². The van der Waals surface area contributed by atoms with Crippen LogP contribution in [0.1, 0.15) is 63.6 Å². The fourth-order valence-electron chi connectivity index (χ4n) is 5.37. The van der Waals surface area contributed by atoms with Crippen molar-refractivity contribution in [2.75, 3.05) is 16.8 Å². The van der Waals surface area contributed by atoms with Crippen molar-refractivity contribution in [1.82, 2.24) is 4.90 Å². The summed E-state index contributed by atoms with van der Waals surface area (Å²) in [5.74, 6) is -0.457. The van der Waals surface area contributed by atoms with E-state index in [0.29, 0.717) is 22.6 Å². The largest absolute Gasteiger partial charge is 0.364 e. The molecule has 0 saturated carbocycles. The number of imide groups is 1. The quantitative estimate of drug-likeness (QED) is 0.507. The van der Waals surface area contributed by atoms with Crippen molar-refractivity contribution >= 4 is 46.3 Å². The maximum Gasteiger partial charge on any atom is 0.294 e. The van der Waals surface area contributed by atoms with E-state index in [0.717, 1.165) is 34.2 Å². The molecule has 0 aliphatic carbocycles. The minimum Gasteiger partial charge on any atom is -0.364 e. The average Bonchev–Trinajstić information content (AvgIpc) is 3.02. The molecule has 1 fully saturated rings. The molecule has 2 aromatic carbocycles. The highest BCUT2D eigenvalue weighted by Crippen LogP contribution is 2.45. The number of fused-ring (bicyclic) bond motifs is 1. The number of nitrogens with one attached hydrogen (secondary N) is 1. The fourth-order valence-corrected chi connectivity index (χ4v) is 6.21. The molecule has 1 atom stereocenters. The van der Waals surface area contributed by atoms with Crippen LogP contribution in [0.2, 0.25) is 0 Å². The lowest BCUT2D eigenvalue weighted by molar-refractivity contribution is -0.127. The first-order valence-electron chi connectivity index (χ1n) is 12.0. The summed E-state index contributed by atoms with van der Waals surface area (Å²) in [4.78, 5) is 41.9. The molecule has 184 valence electrons. The summed E-state index contributed by atoms with van der Waals surface area (Å²) in [6.07, 6.45) is 2.80. The minimum absolute atomic E-state index is 0.0591. The Balaban J connectivity index is 1.53. The summed E-state index contributed by atoms with van der Waals surface area (Å²) >= 11 is 0.880. The minimum atomic E-state index is -0.435. The number of thioether (sulfide) groups is 1. The van der Waals surface area contributed by atoms with Gasteiger partial charge in [-0.15, -0.1) is 0 Å². The molecule has 35 heavy (non-hydrogen) atoms. The van der Waals surface area contributed by atoms with Gasteiger partial charge in [-0.25, -0.2) is 0 Å². The molecule has 0 unspecified atom stereocenters. The summed E-state index contributed by atoms with van der Waals surface area (Å²) in [6.45, 7) is 12.8. The summed E-state index contributed by atoms with van der Waals surface area (Å²) in [5, 5.41) is 2.35. The number of benzene rings is 2. The van der Waals surface area contributed by atoms with Crippen LogP contribution in [-0.4, -0.2) is 40.1 Å². The van der Waals surface area contributed by atoms with E-state index in [1.165, 1.54) is 11.3 Å². The number of carbonyl (C=O) groups excluding carboxylic acids is 3. The molecule has 0 aromatic heterocycles. The lowest BCUT2D eigenvalue weighted by Crippen LogP contribution is -2.51. The molecule has 2 aliphatic rings. The Morgan fingerprint density at radius 2 is 1.91 bits per heavy atom. The van der Waals surface area contributed by atoms with Gasteiger partial charge in [-0.2, -0.15) is 0 Å². The zero-order valence-corrected chi connectivity index (χ0v) is 22.0. The van der Waals surface area contributed by atoms with Crippen molar-refractivity contribution in [3.63, 3.8) is 0 Å². The number of hydrogen-bond acceptors (Lipinski definition) is 5. The van der Waals surface area contributed by atoms with Crippen molar-refractivity contribution in [2.45, 2.75) is 65.5 Å². The monoisotopic (exact) mass is 491 g/mol. The molecule has 1 saturated heterocycles. The molecule has 4 rings (SSSR count). The van der Waals surface area contributed by atoms with Crippen molar-refractivity contribution in [2.24, 2.45) is 0 Å². The molecule has 3 amide bonds. The van der Waals surface area contributed by atoms with Gasteiger partial charge in [-0.3, -0.25) is 19.3 Å². The molecule has 1 N–H and O–H groups in total. The van der Waals surface area contributed by atoms with Crippen molar-refractivity contribution in [1.29, 1.82) is 0 Å². The van der Waals surface area contributed by atoms with E-state index >= 15 is 0 Å². The number of hydrogen-bond donors (Lipinski definition) is 1. The smallest absolute Gasteiger partial charge is 0.294 e. The van der Waals surface area contributed by atoms with E-state index in [2.05, 4.69) is 57.0 Å². The van der Waals surface area contributed by atoms with E-state index in [1.54, 1.807) is 12.1 Å². The summed E-state index contributed by atoms with van der Waals surface area (Å²) < 4.78 is 0. The molecular weight excluding hydrogens is 458 g/mol. The Labute approximate surface area is 211 Å². The van der Waals surface area contributed by atoms with Gasteiger partial charge in [0, 0.05) is 23.0 Å². The van der Waals surface area contributed by atoms with Gasteiger partial charge in [0.15, 0.2) is 0 Å². The third-order valence-corrected chi connectivity index (χ3v) is 7.62. The van der Waals surface area contributed by atoms with Crippen LogP contribution in [0.15, 0.2) is 47.4 Å². The van der Waals surface area contributed by atoms with Crippen LogP contribution >= 0.6 is 11.8 Å². The Bertz CT molecular complexity index is 1220. The molecule has 7 heteroatoms. The Kier molecular flexibility index (Phi) is 6.82. The number of para-hydroxylation sites is 1. The van der Waals surface area contributed by atoms with Crippen LogP contribution in [0.5, 0.6) is 0 Å². The standard InChI is InChI=1S/C28H33N3O3S/c1-17(2)31-23-12-11-20(13-21(23)19(4)15-28(31,5)6)14-24-26(33)30(27(34)35-24)16-25(32)29-22-10-8-7-9-18(22)3/h7-14,17,19H,15-16H2,1-6H3,(H,29,32)/b24-14-/t19-/m1/s1. The lowest BCUT2D eigenvalue weighted by atomic mass is 9.79. The second kappa shape index (κ2) is 9.53. The maximum atomic E-state index is 13.0. The summed E-state index contributed by atoms with van der Waals surface area (Å²) in [7, 11) is 0. The molecule has 0 bridgehead atoms. The number of nitrogens with zero attached hydrogens (tertiary/aromatic N) is 2. The zero-order valence-electron chi connectivity index (χ0n) is 21.2. The third-order valence-electron chi connectivity index (χ3n) is 6.71. The van der Waals surface area contributed by atoms with E-state index in [4.69, 9.17) is 0 Å². The Morgan fingerprint density at radius 1 is 1.20 bits per heavy atom. The normalized spacial score (nSPS) is 20.5. The number of rotatable bonds is 5. The number of amides is 3. The van der Waals surface area contributed by atoms with Crippen LogP contribution in [0, 0.1) is 6.92 Å². The van der Waals surface area contributed by atoms with Crippen LogP contribution in [0.4, 0.5) is 16.2 Å². The van der Waals surface area contributed by atoms with Crippen LogP contribution < -0.4 is 10.2 Å². The molecule has 0 spiro atoms. The van der Waals surface area contributed by atoms with E-state index in [9.17, 15) is 14.4 Å². The van der Waals surface area contributed by atoms with Gasteiger partial charge in [0.25, 0.3) is 11.1 Å². The second-order valence-corrected chi connectivity index (χ2v) is 11.3. The number of anilines is 2. The van der Waals surface area contributed by atoms with Crippen molar-refractivity contribution < 1.29 is 14.4 Å². The molecular formula is C28H33N3O3S. The lowest BCUT2D eigenvalue weighted by Gasteiger charge is -2.50. The Morgan fingerprint density at radius 3 is 2.60 bits per heavy atom. The van der Waals surface area contributed by atoms with Gasteiger partial charge >= 0.3 is 0 Å². The molecule has 2 aliphatic heterocycles. The Hall–Kier alpha value is -3.06. The van der Waals surface area contributed by atoms with E-state index in [-0.39, 0.29) is 12.1 Å². The van der Waals surface area contributed by atoms with Gasteiger partial charge in [-0.1, -0.05) is 31.2 Å². The number of carbonyl (C=O) groups is 3. The van der Waals surface area contributed by atoms with Crippen molar-refractivity contribution in [3.8, 4) is 0 Å². The fraction of sp³-hybridized carbons (Fsp3) is 0.393. The molecule has 2 heterocycles. The number of aryl methyl sites for hydroxylation is 1. The average molecular weight is 492 g/mol. The first-order valence-corrected chi connectivity index (χ1v) is 12.8. The second-order valence-electron chi connectivity index (χ2n) is 10.3. The summed E-state index contributed by atoms with van der Waals surface area (Å²) in [6, 6.07) is 14.0. The highest BCUT2D eigenvalue weighted by atomic mass is 32.2. The van der Waals surface area contributed by atoms with Crippen LogP contribution in [0.3, 0.4) is 0 Å². The highest BCUT2D eigenvalue weighted by Gasteiger charge is 2.38. The topological polar surface area (TPSA) is 69.7 Å². The van der Waals surface area contributed by atoms with Gasteiger partial charge in [0.2, 0.25) is 5.91 Å². The van der Waals surface area contributed by atoms with Gasteiger partial charge in [0.1, 0.15) is 6.54 Å². The SMILES string of the molecule is Cc1ccccc1NC(=O)CN1C(=O)S/C(=C\c2ccc3c(c2)[C@H](C)CC(C)(C)N3C(C)C)C1=O.